The Bertz CT molecular complexity index is 1200. The topological polar surface area (TPSA) is 129 Å². The summed E-state index contributed by atoms with van der Waals surface area (Å²) in [5.74, 6) is 0.748. The van der Waals surface area contributed by atoms with E-state index < -0.39 is 36.2 Å². The molecule has 9 heteroatoms. The quantitative estimate of drug-likeness (QED) is 0.212. The number of hydrogen-bond donors (Lipinski definition) is 2. The Balaban J connectivity index is 1.27. The molecule has 6 fully saturated rings. The van der Waals surface area contributed by atoms with Crippen LogP contribution in [-0.4, -0.2) is 77.8 Å². The van der Waals surface area contributed by atoms with Crippen LogP contribution in [0.4, 0.5) is 0 Å². The molecule has 6 unspecified atom stereocenters. The summed E-state index contributed by atoms with van der Waals surface area (Å²) in [6.07, 6.45) is 5.71. The van der Waals surface area contributed by atoms with Crippen LogP contribution in [0, 0.1) is 50.7 Å². The molecule has 0 amide bonds. The largest absolute Gasteiger partial charge is 0.457 e. The van der Waals surface area contributed by atoms with Gasteiger partial charge in [0.25, 0.3) is 0 Å². The lowest BCUT2D eigenvalue weighted by molar-refractivity contribution is -0.224. The number of rotatable bonds is 9. The number of ether oxygens (including phenoxy) is 4. The average molecular weight is 633 g/mol. The van der Waals surface area contributed by atoms with Gasteiger partial charge in [0.1, 0.15) is 12.9 Å². The fourth-order valence-electron chi connectivity index (χ4n) is 13.0. The van der Waals surface area contributed by atoms with E-state index in [1.165, 1.54) is 13.3 Å². The molecule has 5 aliphatic carbocycles. The summed E-state index contributed by atoms with van der Waals surface area (Å²) in [6, 6.07) is 0. The van der Waals surface area contributed by atoms with Gasteiger partial charge in [0.05, 0.1) is 30.0 Å². The van der Waals surface area contributed by atoms with Crippen LogP contribution >= 0.6 is 0 Å². The first-order valence-corrected chi connectivity index (χ1v) is 17.3. The van der Waals surface area contributed by atoms with Crippen molar-refractivity contribution in [1.82, 2.24) is 0 Å². The molecule has 6 rings (SSSR count). The standard InChI is InChI=1S/C36H56O9/c1-20-17-22(30(32(5,6)41)43-21(2)39)44-28-27(20)33(7)13-14-36-19-35(36)12-11-25(45-26(18-38)42-16-15-37)31(3,4)23(35)9-10-24(36)34(33,8)29(28)40/h15,18,20,22-30,40-41H,9-14,16-17,19H2,1-8H3/t20-,22?,23?,24?,25+,26+,27+,28?,29+,30+,33-,34-,35?,36?/m1/s1. The van der Waals surface area contributed by atoms with Gasteiger partial charge in [-0.05, 0) is 111 Å². The molecule has 2 N–H and O–H groups in total. The third-order valence-corrected chi connectivity index (χ3v) is 14.8. The van der Waals surface area contributed by atoms with Crippen LogP contribution in [0.1, 0.15) is 107 Å². The zero-order valence-electron chi connectivity index (χ0n) is 28.5. The predicted octanol–water partition coefficient (Wildman–Crippen LogP) is 4.63. The van der Waals surface area contributed by atoms with Gasteiger partial charge in [-0.15, -0.1) is 0 Å². The fraction of sp³-hybridized carbons (Fsp3) is 0.917. The van der Waals surface area contributed by atoms with E-state index in [1.807, 2.05) is 0 Å². The molecule has 0 radical (unpaired) electrons. The van der Waals surface area contributed by atoms with E-state index in [0.717, 1.165) is 38.5 Å². The minimum absolute atomic E-state index is 0.109. The van der Waals surface area contributed by atoms with E-state index in [1.54, 1.807) is 13.8 Å². The fourth-order valence-corrected chi connectivity index (χ4v) is 13.0. The first-order valence-electron chi connectivity index (χ1n) is 17.3. The van der Waals surface area contributed by atoms with Gasteiger partial charge in [-0.25, -0.2) is 0 Å². The highest BCUT2D eigenvalue weighted by atomic mass is 16.7. The summed E-state index contributed by atoms with van der Waals surface area (Å²) >= 11 is 0. The molecule has 0 aromatic heterocycles. The van der Waals surface area contributed by atoms with Gasteiger partial charge in [-0.3, -0.25) is 9.59 Å². The summed E-state index contributed by atoms with van der Waals surface area (Å²) in [5, 5.41) is 23.4. The number of carbonyl (C=O) groups is 3. The molecule has 254 valence electrons. The van der Waals surface area contributed by atoms with Crippen molar-refractivity contribution in [2.75, 3.05) is 6.61 Å². The molecule has 5 saturated carbocycles. The predicted molar refractivity (Wildman–Crippen MR) is 165 cm³/mol. The van der Waals surface area contributed by atoms with E-state index >= 15 is 0 Å². The number of aldehydes is 2. The summed E-state index contributed by atoms with van der Waals surface area (Å²) in [5.41, 5.74) is -1.55. The van der Waals surface area contributed by atoms with Crippen molar-refractivity contribution in [1.29, 1.82) is 0 Å². The average Bonchev–Trinajstić information content (AvgIpc) is 3.59. The lowest BCUT2D eigenvalue weighted by Gasteiger charge is -2.63. The van der Waals surface area contributed by atoms with Crippen LogP contribution in [0.3, 0.4) is 0 Å². The molecule has 14 atom stereocenters. The lowest BCUT2D eigenvalue weighted by Crippen LogP contribution is -2.60. The van der Waals surface area contributed by atoms with Crippen LogP contribution in [0.15, 0.2) is 0 Å². The number of aliphatic hydroxyl groups excluding tert-OH is 1. The Morgan fingerprint density at radius 1 is 1.04 bits per heavy atom. The van der Waals surface area contributed by atoms with Gasteiger partial charge in [0, 0.05) is 12.3 Å². The monoisotopic (exact) mass is 632 g/mol. The Kier molecular flexibility index (Phi) is 8.05. The summed E-state index contributed by atoms with van der Waals surface area (Å²) < 4.78 is 24.0. The van der Waals surface area contributed by atoms with Crippen LogP contribution < -0.4 is 0 Å². The van der Waals surface area contributed by atoms with E-state index in [9.17, 15) is 24.6 Å². The third kappa shape index (κ3) is 4.53. The van der Waals surface area contributed by atoms with Crippen molar-refractivity contribution < 1.29 is 43.5 Å². The first-order chi connectivity index (χ1) is 20.9. The van der Waals surface area contributed by atoms with Crippen LogP contribution in [-0.2, 0) is 33.3 Å². The van der Waals surface area contributed by atoms with Gasteiger partial charge in [-0.2, -0.15) is 0 Å². The number of aliphatic hydroxyl groups is 2. The van der Waals surface area contributed by atoms with Crippen molar-refractivity contribution in [3.05, 3.63) is 0 Å². The van der Waals surface area contributed by atoms with Crippen LogP contribution in [0.25, 0.3) is 0 Å². The van der Waals surface area contributed by atoms with Crippen LogP contribution in [0.5, 0.6) is 0 Å². The number of hydrogen-bond acceptors (Lipinski definition) is 9. The van der Waals surface area contributed by atoms with Crippen molar-refractivity contribution >= 4 is 18.5 Å². The number of fused-ring (bicyclic) bond motifs is 4. The SMILES string of the molecule is CC(=O)O[C@@H](C1C[C@@H](C)[C@H]2C(O1)[C@H](O)[C@@]1(C)C3CCC4C(C)(C)[C@@H](O[C@@H](C=O)OCC=O)CCC45CC35CC[C@]21C)C(C)(C)O. The van der Waals surface area contributed by atoms with Crippen LogP contribution in [0.2, 0.25) is 0 Å². The zero-order chi connectivity index (χ0) is 33.0. The molecule has 1 saturated heterocycles. The Morgan fingerprint density at radius 3 is 2.33 bits per heavy atom. The normalized spacial score (nSPS) is 49.2. The first kappa shape index (κ1) is 33.5. The second-order valence-electron chi connectivity index (χ2n) is 17.4. The molecular formula is C36H56O9. The molecule has 2 spiro atoms. The maximum Gasteiger partial charge on any atom is 0.303 e. The second-order valence-corrected chi connectivity index (χ2v) is 17.4. The zero-order valence-corrected chi connectivity index (χ0v) is 28.5. The van der Waals surface area contributed by atoms with E-state index in [2.05, 4.69) is 34.6 Å². The molecule has 1 heterocycles. The second kappa shape index (κ2) is 10.8. The van der Waals surface area contributed by atoms with Gasteiger partial charge in [0.15, 0.2) is 12.4 Å². The van der Waals surface area contributed by atoms with Crippen molar-refractivity contribution in [3.63, 3.8) is 0 Å². The Hall–Kier alpha value is -1.39. The molecular weight excluding hydrogens is 576 g/mol. The molecule has 9 nitrogen and oxygen atoms in total. The molecule has 0 bridgehead atoms. The van der Waals surface area contributed by atoms with Gasteiger partial charge in [0.2, 0.25) is 6.29 Å². The minimum atomic E-state index is -1.28. The number of esters is 1. The molecule has 6 aliphatic rings. The van der Waals surface area contributed by atoms with Gasteiger partial charge in [-0.1, -0.05) is 34.6 Å². The molecule has 0 aromatic rings. The highest BCUT2D eigenvalue weighted by molar-refractivity contribution is 5.66. The minimum Gasteiger partial charge on any atom is -0.457 e. The van der Waals surface area contributed by atoms with Gasteiger partial charge >= 0.3 is 5.97 Å². The van der Waals surface area contributed by atoms with E-state index in [4.69, 9.17) is 18.9 Å². The maximum atomic E-state index is 12.5. The smallest absolute Gasteiger partial charge is 0.303 e. The van der Waals surface area contributed by atoms with E-state index in [-0.39, 0.29) is 57.7 Å². The molecule has 0 aromatic carbocycles. The number of carbonyl (C=O) groups excluding carboxylic acids is 3. The van der Waals surface area contributed by atoms with Crippen molar-refractivity contribution in [2.45, 2.75) is 149 Å². The Morgan fingerprint density at radius 2 is 1.71 bits per heavy atom. The highest BCUT2D eigenvalue weighted by Crippen LogP contribution is 2.89. The Labute approximate surface area is 268 Å². The summed E-state index contributed by atoms with van der Waals surface area (Å²) in [7, 11) is 0. The van der Waals surface area contributed by atoms with E-state index in [0.29, 0.717) is 30.8 Å². The maximum absolute atomic E-state index is 12.5. The molecule has 45 heavy (non-hydrogen) atoms. The lowest BCUT2D eigenvalue weighted by atomic mass is 9.41. The summed E-state index contributed by atoms with van der Waals surface area (Å²) in [4.78, 5) is 34.6. The summed E-state index contributed by atoms with van der Waals surface area (Å²) in [6.45, 7) is 16.1. The third-order valence-electron chi connectivity index (χ3n) is 14.8. The highest BCUT2D eigenvalue weighted by Gasteiger charge is 2.84. The van der Waals surface area contributed by atoms with Crippen molar-refractivity contribution in [3.8, 4) is 0 Å². The van der Waals surface area contributed by atoms with Gasteiger partial charge < -0.3 is 34.0 Å². The molecule has 1 aliphatic heterocycles. The van der Waals surface area contributed by atoms with Crippen molar-refractivity contribution in [2.24, 2.45) is 50.7 Å².